The highest BCUT2D eigenvalue weighted by Crippen LogP contribution is 2.47. The number of aromatic nitrogens is 4. The summed E-state index contributed by atoms with van der Waals surface area (Å²) in [7, 11) is 3.39. The SMILES string of the molecule is C=CC1CN2CCC1CC2[C@@H](N)c1ccnc2ccc(OC)cc12.C=CC1CN2CCC1CC2[C@@H](N)c1ccnc2ccccc12.C=CC1CN2CCC1CC2[C@@H](NC(=O)C1CCCC1)c1ccnc2ccccc12.C=CC1CN2CCC1CC2[C@H](N)c1ccnc2ccc(OC)cc12.CC(C)C[C@@H](N)CO.N[C@@H](c1ccccc1)[C@@H](N)c1ccccc1.N[C@@H]1CCCC[C@H]1N. The number of benzene rings is 6. The summed E-state index contributed by atoms with van der Waals surface area (Å²) in [5.41, 5.74) is 60.2. The number of methoxy groups -OCH3 is 2. The highest BCUT2D eigenvalue weighted by molar-refractivity contribution is 5.87. The summed E-state index contributed by atoms with van der Waals surface area (Å²) in [5.74, 6) is 8.09. The molecule has 1 amide bonds. The molecular formula is C110H149N17O4. The molecule has 12 saturated heterocycles. The van der Waals surface area contributed by atoms with E-state index in [1.807, 2.05) is 122 Å². The number of carbonyl (C=O) groups is 1. The molecule has 16 heterocycles. The number of aliphatic hydroxyl groups is 1. The molecule has 10 aromatic rings. The molecule has 14 fully saturated rings. The molecule has 21 heteroatoms. The molecule has 18 N–H and O–H groups in total. The highest BCUT2D eigenvalue weighted by atomic mass is 16.5. The molecule has 6 aromatic carbocycles. The Bertz CT molecular complexity index is 5140. The molecule has 2 aliphatic carbocycles. The predicted octanol–water partition coefficient (Wildman–Crippen LogP) is 16.8. The number of piperidine rings is 12. The number of pyridine rings is 4. The van der Waals surface area contributed by atoms with Crippen LogP contribution in [0.4, 0.5) is 0 Å². The van der Waals surface area contributed by atoms with Crippen LogP contribution in [0, 0.1) is 59.2 Å². The second kappa shape index (κ2) is 46.9. The standard InChI is InChI=1S/C25H31N3O.2C20H25N3O.C19H23N3.C14H16N2.C6H14N2.C6H15NO/c1-2-17-16-28-14-12-19(17)15-23(28)24(27-25(29)18-7-3-4-8-18)21-11-13-26-22-10-6-5-9-20(21)22;2*1-3-13-12-23-9-7-14(13)10-19(23)20(21)16-6-8-22-18-5-4-15(24-2)11-17(16)18;1-2-13-12-22-10-8-14(13)11-18(22)19(20)16-7-9-21-17-6-4-3-5-15(16)17;15-13(11-7-3-1-4-8-11)14(16)12-9-5-2-6-10-12;7-5-3-1-2-4-6(5)8;1-5(2)3-6(7)4-8/h2,5-6,9-11,13,17-19,23-24H,1,3-4,7-8,12,14-16H2,(H,27,29);2*3-6,8,11,13-14,19-20H,1,7,9-10,12,21H2,2H3;2-7,9,13-14,18-19H,1,8,10-12,20H2;1-10,13-14H,15-16H2;5-6H,1-4,7-8H2;5-6,8H,3-4,7H2,1-2H3/t17?,19?,23?,24-;2*13?,14?,19?,20-;13?,14?,18?,19-;13-,14-;5-,6-;6-/m0100011/s1. The maximum absolute atomic E-state index is 13.2. The van der Waals surface area contributed by atoms with E-state index in [2.05, 4.69) is 182 Å². The van der Waals surface area contributed by atoms with Gasteiger partial charge in [-0.1, -0.05) is 161 Å². The summed E-state index contributed by atoms with van der Waals surface area (Å²) in [4.78, 5) is 41.4. The van der Waals surface area contributed by atoms with Gasteiger partial charge in [-0.2, -0.15) is 0 Å². The minimum atomic E-state index is -0.163. The van der Waals surface area contributed by atoms with Crippen LogP contribution in [0.5, 0.6) is 11.5 Å². The Morgan fingerprint density at radius 2 is 0.756 bits per heavy atom. The van der Waals surface area contributed by atoms with Gasteiger partial charge in [0.2, 0.25) is 5.91 Å². The van der Waals surface area contributed by atoms with Crippen LogP contribution in [0.1, 0.15) is 193 Å². The van der Waals surface area contributed by atoms with Gasteiger partial charge in [-0.3, -0.25) is 44.3 Å². The zero-order valence-corrected chi connectivity index (χ0v) is 78.1. The number of amides is 1. The van der Waals surface area contributed by atoms with Crippen molar-refractivity contribution in [1.29, 1.82) is 0 Å². The van der Waals surface area contributed by atoms with Gasteiger partial charge in [0.25, 0.3) is 0 Å². The summed E-state index contributed by atoms with van der Waals surface area (Å²) in [5, 5.41) is 16.5. The quantitative estimate of drug-likeness (QED) is 0.0282. The van der Waals surface area contributed by atoms with Crippen molar-refractivity contribution in [2.24, 2.45) is 105 Å². The van der Waals surface area contributed by atoms with Gasteiger partial charge >= 0.3 is 0 Å². The Morgan fingerprint density at radius 1 is 0.427 bits per heavy atom. The highest BCUT2D eigenvalue weighted by Gasteiger charge is 2.47. The largest absolute Gasteiger partial charge is 0.497 e. The minimum Gasteiger partial charge on any atom is -0.497 e. The van der Waals surface area contributed by atoms with E-state index in [9.17, 15) is 4.79 Å². The van der Waals surface area contributed by atoms with Crippen molar-refractivity contribution < 1.29 is 19.4 Å². The molecule has 24 rings (SSSR count). The fourth-order valence-corrected chi connectivity index (χ4v) is 23.0. The lowest BCUT2D eigenvalue weighted by Gasteiger charge is -2.51. The summed E-state index contributed by atoms with van der Waals surface area (Å²) in [6.45, 7) is 29.4. The van der Waals surface area contributed by atoms with E-state index in [-0.39, 0.29) is 72.8 Å². The first-order chi connectivity index (χ1) is 63.7. The van der Waals surface area contributed by atoms with E-state index in [0.717, 1.165) is 176 Å². The molecule has 4 aromatic heterocycles. The van der Waals surface area contributed by atoms with Crippen LogP contribution in [0.3, 0.4) is 0 Å². The van der Waals surface area contributed by atoms with Gasteiger partial charge < -0.3 is 65.8 Å². The normalized spacial score (nSPS) is 28.3. The number of carbonyl (C=O) groups excluding carboxylic acids is 1. The number of nitrogens with two attached hydrogens (primary N) is 8. The van der Waals surface area contributed by atoms with E-state index in [0.29, 0.717) is 59.7 Å². The average molecular weight is 1770 g/mol. The van der Waals surface area contributed by atoms with Gasteiger partial charge in [-0.25, -0.2) is 0 Å². The van der Waals surface area contributed by atoms with Crippen LogP contribution < -0.4 is 60.7 Å². The number of nitrogens with zero attached hydrogens (tertiary/aromatic N) is 8. The van der Waals surface area contributed by atoms with Gasteiger partial charge in [0.1, 0.15) is 11.5 Å². The Labute approximate surface area is 779 Å². The molecule has 8 bridgehead atoms. The van der Waals surface area contributed by atoms with Crippen LogP contribution in [-0.2, 0) is 4.79 Å². The molecule has 21 nitrogen and oxygen atoms in total. The van der Waals surface area contributed by atoms with Gasteiger partial charge in [0, 0.05) is 151 Å². The first kappa shape index (κ1) is 97.5. The van der Waals surface area contributed by atoms with Crippen molar-refractivity contribution in [2.75, 3.05) is 73.2 Å². The van der Waals surface area contributed by atoms with Crippen LogP contribution in [0.25, 0.3) is 43.6 Å². The zero-order valence-electron chi connectivity index (χ0n) is 78.1. The van der Waals surface area contributed by atoms with E-state index < -0.39 is 0 Å². The number of hydrogen-bond donors (Lipinski definition) is 10. The molecular weight excluding hydrogens is 1620 g/mol. The third-order valence-electron chi connectivity index (χ3n) is 30.7. The van der Waals surface area contributed by atoms with Crippen molar-refractivity contribution in [1.82, 2.24) is 44.9 Å². The molecule has 0 spiro atoms. The fourth-order valence-electron chi connectivity index (χ4n) is 23.0. The third kappa shape index (κ3) is 23.8. The lowest BCUT2D eigenvalue weighted by molar-refractivity contribution is -0.126. The molecule has 2 saturated carbocycles. The van der Waals surface area contributed by atoms with Crippen LogP contribution in [0.15, 0.2) is 245 Å². The molecule has 25 atom stereocenters. The van der Waals surface area contributed by atoms with Crippen LogP contribution in [0.2, 0.25) is 0 Å². The molecule has 0 radical (unpaired) electrons. The van der Waals surface area contributed by atoms with Crippen molar-refractivity contribution in [3.8, 4) is 11.5 Å². The van der Waals surface area contributed by atoms with E-state index in [4.69, 9.17) is 60.4 Å². The van der Waals surface area contributed by atoms with Gasteiger partial charge in [0.05, 0.1) is 48.9 Å². The molecule has 698 valence electrons. The van der Waals surface area contributed by atoms with Crippen molar-refractivity contribution in [2.45, 2.75) is 202 Å². The lowest BCUT2D eigenvalue weighted by atomic mass is 9.73. The number of aliphatic hydroxyl groups excluding tert-OH is 1. The molecule has 14 aliphatic rings. The Hall–Kier alpha value is -9.53. The number of rotatable bonds is 22. The molecule has 131 heavy (non-hydrogen) atoms. The first-order valence-electron chi connectivity index (χ1n) is 48.7. The summed E-state index contributed by atoms with van der Waals surface area (Å²) >= 11 is 0. The zero-order chi connectivity index (χ0) is 92.2. The number of nitrogens with one attached hydrogen (secondary N) is 1. The third-order valence-corrected chi connectivity index (χ3v) is 30.7. The number of fused-ring (bicyclic) bond motifs is 16. The van der Waals surface area contributed by atoms with Gasteiger partial charge in [-0.15, -0.1) is 26.3 Å². The van der Waals surface area contributed by atoms with E-state index in [1.165, 1.54) is 92.0 Å². The smallest absolute Gasteiger partial charge is 0.223 e. The topological polar surface area (TPSA) is 340 Å². The summed E-state index contributed by atoms with van der Waals surface area (Å²) in [6.07, 6.45) is 35.9. The molecule has 16 unspecified atom stereocenters. The van der Waals surface area contributed by atoms with Gasteiger partial charge in [-0.05, 0) is 269 Å². The maximum Gasteiger partial charge on any atom is 0.223 e. The Balaban J connectivity index is 0.000000127. The fraction of sp³-hybridized carbons (Fsp3) is 0.482. The van der Waals surface area contributed by atoms with E-state index >= 15 is 0 Å². The van der Waals surface area contributed by atoms with Crippen molar-refractivity contribution in [3.63, 3.8) is 0 Å². The average Bonchev–Trinajstić information content (AvgIpc) is 1.33. The van der Waals surface area contributed by atoms with Crippen molar-refractivity contribution in [3.05, 3.63) is 279 Å². The van der Waals surface area contributed by atoms with E-state index in [1.54, 1.807) is 14.2 Å². The summed E-state index contributed by atoms with van der Waals surface area (Å²) < 4.78 is 10.8. The van der Waals surface area contributed by atoms with Gasteiger partial charge in [0.15, 0.2) is 0 Å². The second-order valence-electron chi connectivity index (χ2n) is 39.0. The summed E-state index contributed by atoms with van der Waals surface area (Å²) in [6, 6.07) is 58.8. The number of hydrogen-bond acceptors (Lipinski definition) is 20. The van der Waals surface area contributed by atoms with Crippen molar-refractivity contribution >= 4 is 49.5 Å². The van der Waals surface area contributed by atoms with Crippen LogP contribution >= 0.6 is 0 Å². The minimum absolute atomic E-state index is 0.00354. The first-order valence-corrected chi connectivity index (χ1v) is 48.7. The lowest BCUT2D eigenvalue weighted by Crippen LogP contribution is -2.57. The number of para-hydroxylation sites is 2. The predicted molar refractivity (Wildman–Crippen MR) is 536 cm³/mol. The molecule has 12 aliphatic heterocycles. The monoisotopic (exact) mass is 1770 g/mol. The Morgan fingerprint density at radius 3 is 1.08 bits per heavy atom. The van der Waals surface area contributed by atoms with Crippen LogP contribution in [-0.4, -0.2) is 166 Å². The number of ether oxygens (including phenoxy) is 2. The maximum atomic E-state index is 13.2. The second-order valence-corrected chi connectivity index (χ2v) is 39.0. The Kier molecular flexibility index (Phi) is 34.9.